The van der Waals surface area contributed by atoms with E-state index in [4.69, 9.17) is 27.9 Å². The second-order valence-electron chi connectivity index (χ2n) is 4.45. The lowest BCUT2D eigenvalue weighted by Gasteiger charge is -2.14. The number of esters is 1. The molecule has 0 aliphatic rings. The first-order chi connectivity index (χ1) is 9.42. The summed E-state index contributed by atoms with van der Waals surface area (Å²) < 4.78 is 10.4. The van der Waals surface area contributed by atoms with Crippen molar-refractivity contribution in [2.45, 2.75) is 20.0 Å². The van der Waals surface area contributed by atoms with Crippen molar-refractivity contribution < 1.29 is 14.3 Å². The van der Waals surface area contributed by atoms with Gasteiger partial charge in [0, 0.05) is 11.1 Å². The normalized spacial score (nSPS) is 10.9. The Hall–Kier alpha value is -1.52. The molecule has 4 nitrogen and oxygen atoms in total. The molecule has 0 bridgehead atoms. The fraction of sp³-hybridized carbons (Fsp3) is 0.286. The number of carbonyl (C=O) groups excluding carboxylic acids is 1. The highest BCUT2D eigenvalue weighted by Crippen LogP contribution is 2.35. The summed E-state index contributed by atoms with van der Waals surface area (Å²) in [5.41, 5.74) is 0.634. The molecule has 1 heterocycles. The number of fused-ring (bicyclic) bond motifs is 1. The zero-order valence-electron chi connectivity index (χ0n) is 11.2. The van der Waals surface area contributed by atoms with Gasteiger partial charge in [-0.25, -0.2) is 9.78 Å². The van der Waals surface area contributed by atoms with Crippen LogP contribution in [-0.4, -0.2) is 24.2 Å². The fourth-order valence-corrected chi connectivity index (χ4v) is 2.38. The van der Waals surface area contributed by atoms with Crippen molar-refractivity contribution in [3.63, 3.8) is 0 Å². The number of hydrogen-bond donors (Lipinski definition) is 0. The monoisotopic (exact) mass is 313 g/mol. The fourth-order valence-electron chi connectivity index (χ4n) is 1.81. The Morgan fingerprint density at radius 3 is 2.55 bits per heavy atom. The Morgan fingerprint density at radius 1 is 1.25 bits per heavy atom. The minimum absolute atomic E-state index is 0.0714. The first kappa shape index (κ1) is 14.9. The summed E-state index contributed by atoms with van der Waals surface area (Å²) >= 11 is 12.2. The van der Waals surface area contributed by atoms with Crippen molar-refractivity contribution in [3.8, 4) is 5.75 Å². The number of carbonyl (C=O) groups is 1. The summed E-state index contributed by atoms with van der Waals surface area (Å²) in [6.45, 7) is 3.77. The van der Waals surface area contributed by atoms with Crippen LogP contribution >= 0.6 is 23.2 Å². The zero-order chi connectivity index (χ0) is 14.9. The van der Waals surface area contributed by atoms with Gasteiger partial charge < -0.3 is 9.47 Å². The van der Waals surface area contributed by atoms with Crippen molar-refractivity contribution in [2.75, 3.05) is 7.11 Å². The molecule has 0 saturated carbocycles. The maximum absolute atomic E-state index is 11.7. The summed E-state index contributed by atoms with van der Waals surface area (Å²) in [4.78, 5) is 15.9. The van der Waals surface area contributed by atoms with E-state index in [-0.39, 0.29) is 11.8 Å². The van der Waals surface area contributed by atoms with Crippen molar-refractivity contribution in [3.05, 3.63) is 33.9 Å². The molecule has 0 aliphatic carbocycles. The number of ether oxygens (including phenoxy) is 2. The van der Waals surface area contributed by atoms with Gasteiger partial charge in [-0.1, -0.05) is 23.2 Å². The van der Waals surface area contributed by atoms with Crippen LogP contribution in [-0.2, 0) is 4.74 Å². The number of benzene rings is 1. The van der Waals surface area contributed by atoms with E-state index in [2.05, 4.69) is 9.72 Å². The van der Waals surface area contributed by atoms with Gasteiger partial charge in [0.2, 0.25) is 0 Å². The minimum atomic E-state index is -0.545. The van der Waals surface area contributed by atoms with Crippen LogP contribution in [0, 0.1) is 0 Å². The topological polar surface area (TPSA) is 48.4 Å². The molecule has 0 N–H and O–H groups in total. The van der Waals surface area contributed by atoms with Gasteiger partial charge in [0.15, 0.2) is 5.69 Å². The maximum Gasteiger partial charge on any atom is 0.356 e. The molecule has 1 aromatic carbocycles. The van der Waals surface area contributed by atoms with Gasteiger partial charge in [0.05, 0.1) is 29.1 Å². The summed E-state index contributed by atoms with van der Waals surface area (Å²) in [7, 11) is 1.29. The molecular weight excluding hydrogens is 301 g/mol. The number of nitrogens with zero attached hydrogens (tertiary/aromatic N) is 1. The number of hydrogen-bond acceptors (Lipinski definition) is 4. The van der Waals surface area contributed by atoms with Crippen molar-refractivity contribution in [2.24, 2.45) is 0 Å². The third kappa shape index (κ3) is 2.97. The lowest BCUT2D eigenvalue weighted by Crippen LogP contribution is -2.09. The number of pyridine rings is 1. The van der Waals surface area contributed by atoms with Crippen LogP contribution in [0.1, 0.15) is 24.3 Å². The molecule has 0 unspecified atom stereocenters. The Labute approximate surface area is 126 Å². The number of halogens is 2. The predicted octanol–water partition coefficient (Wildman–Crippen LogP) is 4.12. The van der Waals surface area contributed by atoms with Crippen LogP contribution in [0.25, 0.3) is 10.9 Å². The van der Waals surface area contributed by atoms with E-state index in [1.54, 1.807) is 12.1 Å². The highest BCUT2D eigenvalue weighted by atomic mass is 35.5. The standard InChI is InChI=1S/C14H13Cl2NO3/c1-7(2)20-12-6-11(14(18)19-3)17-10-5-8(15)4-9(16)13(10)12/h4-7H,1-3H3. The average molecular weight is 314 g/mol. The maximum atomic E-state index is 11.7. The molecule has 20 heavy (non-hydrogen) atoms. The summed E-state index contributed by atoms with van der Waals surface area (Å²) in [5.74, 6) is -0.0660. The van der Waals surface area contributed by atoms with Crippen LogP contribution < -0.4 is 4.74 Å². The molecule has 0 fully saturated rings. The van der Waals surface area contributed by atoms with E-state index in [1.165, 1.54) is 13.2 Å². The molecular formula is C14H13Cl2NO3. The zero-order valence-corrected chi connectivity index (χ0v) is 12.7. The van der Waals surface area contributed by atoms with Gasteiger partial charge in [-0.3, -0.25) is 0 Å². The molecule has 0 radical (unpaired) electrons. The van der Waals surface area contributed by atoms with Crippen molar-refractivity contribution in [1.29, 1.82) is 0 Å². The number of rotatable bonds is 3. The van der Waals surface area contributed by atoms with Gasteiger partial charge in [-0.05, 0) is 26.0 Å². The molecule has 0 spiro atoms. The van der Waals surface area contributed by atoms with Gasteiger partial charge in [-0.2, -0.15) is 0 Å². The molecule has 0 saturated heterocycles. The van der Waals surface area contributed by atoms with E-state index in [0.29, 0.717) is 26.7 Å². The van der Waals surface area contributed by atoms with E-state index in [1.807, 2.05) is 13.8 Å². The van der Waals surface area contributed by atoms with Gasteiger partial charge in [0.25, 0.3) is 0 Å². The summed E-state index contributed by atoms with van der Waals surface area (Å²) in [6.07, 6.45) is -0.0714. The Morgan fingerprint density at radius 2 is 1.95 bits per heavy atom. The van der Waals surface area contributed by atoms with E-state index >= 15 is 0 Å². The first-order valence-electron chi connectivity index (χ1n) is 5.97. The molecule has 2 rings (SSSR count). The smallest absolute Gasteiger partial charge is 0.356 e. The van der Waals surface area contributed by atoms with Crippen LogP contribution in [0.4, 0.5) is 0 Å². The highest BCUT2D eigenvalue weighted by molar-refractivity contribution is 6.39. The lowest BCUT2D eigenvalue weighted by atomic mass is 10.1. The quantitative estimate of drug-likeness (QED) is 0.800. The van der Waals surface area contributed by atoms with Crippen LogP contribution in [0.3, 0.4) is 0 Å². The largest absolute Gasteiger partial charge is 0.490 e. The van der Waals surface area contributed by atoms with Crippen molar-refractivity contribution in [1.82, 2.24) is 4.98 Å². The lowest BCUT2D eigenvalue weighted by molar-refractivity contribution is 0.0593. The van der Waals surface area contributed by atoms with Crippen LogP contribution in [0.5, 0.6) is 5.75 Å². The Bertz CT molecular complexity index is 671. The molecule has 0 aliphatic heterocycles. The number of aromatic nitrogens is 1. The molecule has 6 heteroatoms. The van der Waals surface area contributed by atoms with E-state index < -0.39 is 5.97 Å². The van der Waals surface area contributed by atoms with E-state index in [0.717, 1.165) is 0 Å². The molecule has 0 atom stereocenters. The predicted molar refractivity (Wildman–Crippen MR) is 78.9 cm³/mol. The Balaban J connectivity index is 2.74. The highest BCUT2D eigenvalue weighted by Gasteiger charge is 2.16. The third-order valence-electron chi connectivity index (χ3n) is 2.55. The first-order valence-corrected chi connectivity index (χ1v) is 6.72. The van der Waals surface area contributed by atoms with Crippen molar-refractivity contribution >= 4 is 40.1 Å². The van der Waals surface area contributed by atoms with Gasteiger partial charge in [-0.15, -0.1) is 0 Å². The van der Waals surface area contributed by atoms with E-state index in [9.17, 15) is 4.79 Å². The second kappa shape index (κ2) is 5.85. The molecule has 106 valence electrons. The van der Waals surface area contributed by atoms with Gasteiger partial charge >= 0.3 is 5.97 Å². The van der Waals surface area contributed by atoms with Gasteiger partial charge in [0.1, 0.15) is 5.75 Å². The molecule has 0 amide bonds. The van der Waals surface area contributed by atoms with Crippen LogP contribution in [0.15, 0.2) is 18.2 Å². The SMILES string of the molecule is COC(=O)c1cc(OC(C)C)c2c(Cl)cc(Cl)cc2n1. The minimum Gasteiger partial charge on any atom is -0.490 e. The summed E-state index contributed by atoms with van der Waals surface area (Å²) in [5, 5.41) is 1.48. The Kier molecular flexibility index (Phi) is 4.35. The second-order valence-corrected chi connectivity index (χ2v) is 5.29. The summed E-state index contributed by atoms with van der Waals surface area (Å²) in [6, 6.07) is 4.76. The molecule has 1 aromatic heterocycles. The molecule has 2 aromatic rings. The third-order valence-corrected chi connectivity index (χ3v) is 3.06. The van der Waals surface area contributed by atoms with Crippen LogP contribution in [0.2, 0.25) is 10.0 Å². The number of methoxy groups -OCH3 is 1. The average Bonchev–Trinajstić information content (AvgIpc) is 2.35.